The van der Waals surface area contributed by atoms with Crippen LogP contribution in [0.5, 0.6) is 5.75 Å². The Morgan fingerprint density at radius 3 is 2.59 bits per heavy atom. The maximum Gasteiger partial charge on any atom is 0.387 e. The lowest BCUT2D eigenvalue weighted by Gasteiger charge is -2.03. The number of aryl methyl sites for hydroxylation is 1. The summed E-state index contributed by atoms with van der Waals surface area (Å²) < 4.78 is 28.3. The quantitative estimate of drug-likeness (QED) is 0.517. The van der Waals surface area contributed by atoms with Crippen LogP contribution in [0.15, 0.2) is 42.5 Å². The number of allylic oxidation sites excluding steroid dienone is 1. The molecule has 2 aromatic rings. The third-order valence-electron chi connectivity index (χ3n) is 2.93. The highest BCUT2D eigenvalue weighted by Gasteiger charge is 2.06. The van der Waals surface area contributed by atoms with Gasteiger partial charge in [0, 0.05) is 4.88 Å². The molecule has 0 spiro atoms. The minimum absolute atomic E-state index is 0.0553. The third kappa shape index (κ3) is 4.77. The molecule has 0 amide bonds. The van der Waals surface area contributed by atoms with Gasteiger partial charge in [0.05, 0.1) is 4.88 Å². The number of hydrogen-bond donors (Lipinski definition) is 0. The van der Waals surface area contributed by atoms with E-state index in [0.29, 0.717) is 4.88 Å². The predicted molar refractivity (Wildman–Crippen MR) is 84.8 cm³/mol. The maximum atomic E-state index is 12.0. The van der Waals surface area contributed by atoms with Gasteiger partial charge in [0.1, 0.15) is 5.75 Å². The van der Waals surface area contributed by atoms with E-state index < -0.39 is 6.61 Å². The molecule has 22 heavy (non-hydrogen) atoms. The van der Waals surface area contributed by atoms with Crippen molar-refractivity contribution in [2.24, 2.45) is 0 Å². The van der Waals surface area contributed by atoms with Gasteiger partial charge in [0.25, 0.3) is 0 Å². The molecular weight excluding hydrogens is 306 g/mol. The number of hydrogen-bond acceptors (Lipinski definition) is 3. The zero-order valence-corrected chi connectivity index (χ0v) is 12.9. The Kier molecular flexibility index (Phi) is 5.83. The molecule has 2 nitrogen and oxygen atoms in total. The van der Waals surface area contributed by atoms with E-state index >= 15 is 0 Å². The largest absolute Gasteiger partial charge is 0.435 e. The van der Waals surface area contributed by atoms with E-state index in [0.717, 1.165) is 18.4 Å². The van der Waals surface area contributed by atoms with Crippen LogP contribution >= 0.6 is 11.3 Å². The molecule has 0 atom stereocenters. The van der Waals surface area contributed by atoms with Gasteiger partial charge in [-0.25, -0.2) is 0 Å². The standard InChI is InChI=1S/C17H16F2O2S/c1-2-3-14-9-11-16(22-14)15(20)10-6-12-4-7-13(8-5-12)21-17(18)19/h4-11,17H,2-3H2,1H3/b10-6+. The molecule has 1 aromatic heterocycles. The molecule has 0 unspecified atom stereocenters. The van der Waals surface area contributed by atoms with Gasteiger partial charge in [-0.1, -0.05) is 31.6 Å². The number of ether oxygens (including phenoxy) is 1. The van der Waals surface area contributed by atoms with Crippen molar-refractivity contribution in [2.45, 2.75) is 26.4 Å². The first-order chi connectivity index (χ1) is 10.6. The van der Waals surface area contributed by atoms with Crippen LogP contribution in [0.1, 0.15) is 33.5 Å². The summed E-state index contributed by atoms with van der Waals surface area (Å²) in [6.45, 7) is -0.734. The van der Waals surface area contributed by atoms with Gasteiger partial charge in [0.2, 0.25) is 0 Å². The van der Waals surface area contributed by atoms with E-state index in [2.05, 4.69) is 11.7 Å². The highest BCUT2D eigenvalue weighted by Crippen LogP contribution is 2.20. The van der Waals surface area contributed by atoms with E-state index in [9.17, 15) is 13.6 Å². The van der Waals surface area contributed by atoms with Crippen molar-refractivity contribution in [3.05, 3.63) is 57.8 Å². The number of halogens is 2. The van der Waals surface area contributed by atoms with E-state index in [1.807, 2.05) is 12.1 Å². The van der Waals surface area contributed by atoms with Gasteiger partial charge in [-0.05, 0) is 42.3 Å². The van der Waals surface area contributed by atoms with Crippen molar-refractivity contribution in [2.75, 3.05) is 0 Å². The van der Waals surface area contributed by atoms with Crippen molar-refractivity contribution < 1.29 is 18.3 Å². The zero-order chi connectivity index (χ0) is 15.9. The minimum Gasteiger partial charge on any atom is -0.435 e. The number of alkyl halides is 2. The molecule has 0 bridgehead atoms. The molecule has 0 N–H and O–H groups in total. The molecule has 0 fully saturated rings. The van der Waals surface area contributed by atoms with Crippen LogP contribution in [0.2, 0.25) is 0 Å². The van der Waals surface area contributed by atoms with Crippen molar-refractivity contribution in [3.8, 4) is 5.75 Å². The Bertz CT molecular complexity index is 645. The second kappa shape index (κ2) is 7.84. The van der Waals surface area contributed by atoms with Gasteiger partial charge < -0.3 is 4.74 Å². The lowest BCUT2D eigenvalue weighted by atomic mass is 10.2. The van der Waals surface area contributed by atoms with Crippen molar-refractivity contribution in [1.29, 1.82) is 0 Å². The van der Waals surface area contributed by atoms with Crippen LogP contribution in [-0.2, 0) is 6.42 Å². The maximum absolute atomic E-state index is 12.0. The van der Waals surface area contributed by atoms with E-state index in [-0.39, 0.29) is 11.5 Å². The van der Waals surface area contributed by atoms with Crippen LogP contribution in [0.3, 0.4) is 0 Å². The topological polar surface area (TPSA) is 26.3 Å². The number of rotatable bonds is 7. The van der Waals surface area contributed by atoms with Gasteiger partial charge in [-0.3, -0.25) is 4.79 Å². The molecule has 5 heteroatoms. The molecule has 0 radical (unpaired) electrons. The Labute approximate surface area is 132 Å². The second-order valence-corrected chi connectivity index (χ2v) is 5.83. The molecule has 0 saturated heterocycles. The third-order valence-corrected chi connectivity index (χ3v) is 4.09. The summed E-state index contributed by atoms with van der Waals surface area (Å²) in [6, 6.07) is 9.95. The molecule has 0 aliphatic rings. The summed E-state index contributed by atoms with van der Waals surface area (Å²) in [7, 11) is 0. The van der Waals surface area contributed by atoms with E-state index in [4.69, 9.17) is 0 Å². The first kappa shape index (κ1) is 16.4. The van der Waals surface area contributed by atoms with Gasteiger partial charge in [0.15, 0.2) is 5.78 Å². The molecular formula is C17H16F2O2S. The molecule has 2 rings (SSSR count). The SMILES string of the molecule is CCCc1ccc(C(=O)/C=C/c2ccc(OC(F)F)cc2)s1. The summed E-state index contributed by atoms with van der Waals surface area (Å²) in [5, 5.41) is 0. The predicted octanol–water partition coefficient (Wildman–Crippen LogP) is 5.20. The van der Waals surface area contributed by atoms with Crippen molar-refractivity contribution >= 4 is 23.2 Å². The molecule has 0 saturated carbocycles. The second-order valence-electron chi connectivity index (χ2n) is 4.66. The Morgan fingerprint density at radius 1 is 1.23 bits per heavy atom. The highest BCUT2D eigenvalue weighted by molar-refractivity contribution is 7.14. The van der Waals surface area contributed by atoms with E-state index in [1.54, 1.807) is 18.2 Å². The number of carbonyl (C=O) groups excluding carboxylic acids is 1. The van der Waals surface area contributed by atoms with Gasteiger partial charge in [-0.2, -0.15) is 8.78 Å². The lowest BCUT2D eigenvalue weighted by Crippen LogP contribution is -2.01. The van der Waals surface area contributed by atoms with Crippen LogP contribution in [0, 0.1) is 0 Å². The molecule has 1 aromatic carbocycles. The van der Waals surface area contributed by atoms with Crippen LogP contribution in [0.4, 0.5) is 8.78 Å². The summed E-state index contributed by atoms with van der Waals surface area (Å²) in [5.41, 5.74) is 0.750. The molecule has 0 aliphatic heterocycles. The summed E-state index contributed by atoms with van der Waals surface area (Å²) in [4.78, 5) is 14.0. The average molecular weight is 322 g/mol. The average Bonchev–Trinajstić information content (AvgIpc) is 2.95. The monoisotopic (exact) mass is 322 g/mol. The fourth-order valence-electron chi connectivity index (χ4n) is 1.91. The first-order valence-electron chi connectivity index (χ1n) is 6.94. The highest BCUT2D eigenvalue weighted by atomic mass is 32.1. The van der Waals surface area contributed by atoms with Crippen molar-refractivity contribution in [1.82, 2.24) is 0 Å². The summed E-state index contributed by atoms with van der Waals surface area (Å²) in [5.74, 6) is 0.0428. The Balaban J connectivity index is 1.99. The summed E-state index contributed by atoms with van der Waals surface area (Å²) >= 11 is 1.51. The first-order valence-corrected chi connectivity index (χ1v) is 7.76. The fraction of sp³-hybridized carbons (Fsp3) is 0.235. The Hall–Kier alpha value is -2.01. The molecule has 116 valence electrons. The normalized spacial score (nSPS) is 11.3. The van der Waals surface area contributed by atoms with Crippen LogP contribution in [-0.4, -0.2) is 12.4 Å². The Morgan fingerprint density at radius 2 is 1.95 bits per heavy atom. The zero-order valence-electron chi connectivity index (χ0n) is 12.1. The summed E-state index contributed by atoms with van der Waals surface area (Å²) in [6.07, 6.45) is 5.18. The smallest absolute Gasteiger partial charge is 0.387 e. The number of ketones is 1. The van der Waals surface area contributed by atoms with Crippen LogP contribution in [0.25, 0.3) is 6.08 Å². The fourth-order valence-corrected chi connectivity index (χ4v) is 2.93. The number of benzene rings is 1. The number of carbonyl (C=O) groups is 1. The van der Waals surface area contributed by atoms with Crippen molar-refractivity contribution in [3.63, 3.8) is 0 Å². The lowest BCUT2D eigenvalue weighted by molar-refractivity contribution is -0.0498. The molecule has 1 heterocycles. The van der Waals surface area contributed by atoms with E-state index in [1.165, 1.54) is 34.4 Å². The number of thiophene rings is 1. The van der Waals surface area contributed by atoms with Crippen LogP contribution < -0.4 is 4.74 Å². The van der Waals surface area contributed by atoms with Gasteiger partial charge >= 0.3 is 6.61 Å². The van der Waals surface area contributed by atoms with Gasteiger partial charge in [-0.15, -0.1) is 11.3 Å². The minimum atomic E-state index is -2.83. The molecule has 0 aliphatic carbocycles.